The summed E-state index contributed by atoms with van der Waals surface area (Å²) in [4.78, 5) is 8.09. The molecule has 0 amide bonds. The van der Waals surface area contributed by atoms with Crippen molar-refractivity contribution in [2.75, 3.05) is 7.11 Å². The molecule has 2 rings (SSSR count). The summed E-state index contributed by atoms with van der Waals surface area (Å²) in [6.45, 7) is 0. The van der Waals surface area contributed by atoms with Gasteiger partial charge in [0.15, 0.2) is 11.4 Å². The third-order valence-corrected chi connectivity index (χ3v) is 2.08. The Bertz CT molecular complexity index is 637. The Morgan fingerprint density at radius 1 is 1.06 bits per heavy atom. The van der Waals surface area contributed by atoms with Crippen molar-refractivity contribution in [2.45, 2.75) is 0 Å². The number of hydrogen-bond donors (Lipinski definition) is 0. The second kappa shape index (κ2) is 3.84. The minimum atomic E-state index is 0.0308. The molecule has 0 saturated heterocycles. The van der Waals surface area contributed by atoms with Crippen molar-refractivity contribution in [2.24, 2.45) is 0 Å². The van der Waals surface area contributed by atoms with Gasteiger partial charge in [0.05, 0.1) is 18.1 Å². The predicted molar refractivity (Wildman–Crippen MR) is 55.5 cm³/mol. The lowest BCUT2D eigenvalue weighted by atomic mass is 10.2. The van der Waals surface area contributed by atoms with Crippen LogP contribution in [-0.4, -0.2) is 17.1 Å². The van der Waals surface area contributed by atoms with Gasteiger partial charge >= 0.3 is 0 Å². The minimum Gasteiger partial charge on any atom is -0.497 e. The van der Waals surface area contributed by atoms with E-state index in [1.807, 2.05) is 12.1 Å². The molecule has 0 saturated carbocycles. The van der Waals surface area contributed by atoms with Gasteiger partial charge in [-0.1, -0.05) is 0 Å². The maximum absolute atomic E-state index is 8.80. The molecule has 76 valence electrons. The van der Waals surface area contributed by atoms with Crippen LogP contribution in [0.1, 0.15) is 11.4 Å². The molecule has 0 aliphatic carbocycles. The summed E-state index contributed by atoms with van der Waals surface area (Å²) in [6, 6.07) is 8.77. The first-order valence-corrected chi connectivity index (χ1v) is 4.44. The Kier molecular flexibility index (Phi) is 2.37. The van der Waals surface area contributed by atoms with E-state index < -0.39 is 0 Å². The van der Waals surface area contributed by atoms with Crippen LogP contribution in [0, 0.1) is 22.7 Å². The van der Waals surface area contributed by atoms with Crippen LogP contribution in [0.3, 0.4) is 0 Å². The molecule has 2 aromatic rings. The summed E-state index contributed by atoms with van der Waals surface area (Å²) in [6.07, 6.45) is 0. The van der Waals surface area contributed by atoms with E-state index >= 15 is 0 Å². The molecule has 0 bridgehead atoms. The molecule has 1 aromatic heterocycles. The molecule has 0 aliphatic rings. The number of rotatable bonds is 1. The predicted octanol–water partition coefficient (Wildman–Crippen LogP) is 1.38. The SMILES string of the molecule is COc1ccc2nc(C#N)c(C#N)nc2c1. The van der Waals surface area contributed by atoms with Gasteiger partial charge in [-0.05, 0) is 12.1 Å². The summed E-state index contributed by atoms with van der Waals surface area (Å²) in [7, 11) is 1.55. The Balaban J connectivity index is 2.76. The molecule has 1 aromatic carbocycles. The van der Waals surface area contributed by atoms with Crippen LogP contribution in [-0.2, 0) is 0 Å². The zero-order valence-electron chi connectivity index (χ0n) is 8.43. The largest absolute Gasteiger partial charge is 0.497 e. The summed E-state index contributed by atoms with van der Waals surface area (Å²) >= 11 is 0. The van der Waals surface area contributed by atoms with Gasteiger partial charge in [0.25, 0.3) is 0 Å². The molecular weight excluding hydrogens is 204 g/mol. The lowest BCUT2D eigenvalue weighted by Gasteiger charge is -2.02. The number of methoxy groups -OCH3 is 1. The molecule has 5 heteroatoms. The highest BCUT2D eigenvalue weighted by atomic mass is 16.5. The molecule has 0 radical (unpaired) electrons. The number of nitriles is 2. The zero-order chi connectivity index (χ0) is 11.5. The van der Waals surface area contributed by atoms with E-state index in [1.165, 1.54) is 0 Å². The normalized spacial score (nSPS) is 9.44. The molecule has 1 heterocycles. The quantitative estimate of drug-likeness (QED) is 0.710. The Morgan fingerprint density at radius 2 is 1.69 bits per heavy atom. The van der Waals surface area contributed by atoms with Crippen molar-refractivity contribution in [3.63, 3.8) is 0 Å². The van der Waals surface area contributed by atoms with Gasteiger partial charge in [-0.15, -0.1) is 0 Å². The summed E-state index contributed by atoms with van der Waals surface area (Å²) < 4.78 is 5.04. The Labute approximate surface area is 91.5 Å². The van der Waals surface area contributed by atoms with E-state index in [4.69, 9.17) is 15.3 Å². The van der Waals surface area contributed by atoms with E-state index in [-0.39, 0.29) is 11.4 Å². The minimum absolute atomic E-state index is 0.0308. The first-order valence-electron chi connectivity index (χ1n) is 4.44. The third kappa shape index (κ3) is 1.51. The van der Waals surface area contributed by atoms with Crippen LogP contribution < -0.4 is 4.74 Å². The summed E-state index contributed by atoms with van der Waals surface area (Å²) in [5.41, 5.74) is 1.18. The molecule has 0 fully saturated rings. The first kappa shape index (κ1) is 9.88. The van der Waals surface area contributed by atoms with Crippen LogP contribution in [0.5, 0.6) is 5.75 Å². The van der Waals surface area contributed by atoms with Crippen molar-refractivity contribution in [3.8, 4) is 17.9 Å². The van der Waals surface area contributed by atoms with Crippen molar-refractivity contribution in [1.29, 1.82) is 10.5 Å². The van der Waals surface area contributed by atoms with Gasteiger partial charge in [0.2, 0.25) is 0 Å². The van der Waals surface area contributed by atoms with Crippen LogP contribution in [0.4, 0.5) is 0 Å². The highest BCUT2D eigenvalue weighted by Crippen LogP contribution is 2.18. The Hall–Kier alpha value is -2.66. The Morgan fingerprint density at radius 3 is 2.25 bits per heavy atom. The maximum atomic E-state index is 8.80. The number of nitrogens with zero attached hydrogens (tertiary/aromatic N) is 4. The third-order valence-electron chi connectivity index (χ3n) is 2.08. The molecule has 0 aliphatic heterocycles. The number of ether oxygens (including phenoxy) is 1. The zero-order valence-corrected chi connectivity index (χ0v) is 8.43. The van der Waals surface area contributed by atoms with Crippen LogP contribution in [0.15, 0.2) is 18.2 Å². The summed E-state index contributed by atoms with van der Waals surface area (Å²) in [5, 5.41) is 17.6. The number of aromatic nitrogens is 2. The molecule has 0 atom stereocenters. The highest BCUT2D eigenvalue weighted by Gasteiger charge is 2.08. The summed E-state index contributed by atoms with van der Waals surface area (Å²) in [5.74, 6) is 0.635. The molecular formula is C11H6N4O. The van der Waals surface area contributed by atoms with Gasteiger partial charge in [0.1, 0.15) is 17.9 Å². The van der Waals surface area contributed by atoms with Crippen LogP contribution in [0.2, 0.25) is 0 Å². The molecule has 0 unspecified atom stereocenters. The monoisotopic (exact) mass is 210 g/mol. The molecule has 0 spiro atoms. The standard InChI is InChI=1S/C11H6N4O/c1-16-7-2-3-8-9(4-7)15-11(6-13)10(5-12)14-8/h2-4H,1H3. The number of benzene rings is 1. The average Bonchev–Trinajstić information content (AvgIpc) is 2.36. The topological polar surface area (TPSA) is 82.6 Å². The smallest absolute Gasteiger partial charge is 0.177 e. The van der Waals surface area contributed by atoms with Gasteiger partial charge in [-0.25, -0.2) is 9.97 Å². The second-order valence-corrected chi connectivity index (χ2v) is 3.00. The van der Waals surface area contributed by atoms with E-state index in [1.54, 1.807) is 25.3 Å². The maximum Gasteiger partial charge on any atom is 0.177 e. The van der Waals surface area contributed by atoms with Crippen molar-refractivity contribution in [3.05, 3.63) is 29.6 Å². The highest BCUT2D eigenvalue weighted by molar-refractivity contribution is 5.77. The van der Waals surface area contributed by atoms with E-state index in [9.17, 15) is 0 Å². The fourth-order valence-electron chi connectivity index (χ4n) is 1.32. The number of fused-ring (bicyclic) bond motifs is 1. The van der Waals surface area contributed by atoms with Crippen molar-refractivity contribution < 1.29 is 4.74 Å². The number of hydrogen-bond acceptors (Lipinski definition) is 5. The lowest BCUT2D eigenvalue weighted by molar-refractivity contribution is 0.415. The van der Waals surface area contributed by atoms with Crippen LogP contribution in [0.25, 0.3) is 11.0 Å². The molecule has 16 heavy (non-hydrogen) atoms. The molecule has 5 nitrogen and oxygen atoms in total. The van der Waals surface area contributed by atoms with E-state index in [0.717, 1.165) is 0 Å². The van der Waals surface area contributed by atoms with Gasteiger partial charge in [-0.3, -0.25) is 0 Å². The average molecular weight is 210 g/mol. The van der Waals surface area contributed by atoms with E-state index in [0.29, 0.717) is 16.8 Å². The van der Waals surface area contributed by atoms with Gasteiger partial charge in [-0.2, -0.15) is 10.5 Å². The molecule has 0 N–H and O–H groups in total. The van der Waals surface area contributed by atoms with Gasteiger partial charge in [0, 0.05) is 6.07 Å². The van der Waals surface area contributed by atoms with Crippen LogP contribution >= 0.6 is 0 Å². The van der Waals surface area contributed by atoms with Gasteiger partial charge < -0.3 is 4.74 Å². The fourth-order valence-corrected chi connectivity index (χ4v) is 1.32. The van der Waals surface area contributed by atoms with Crippen molar-refractivity contribution >= 4 is 11.0 Å². The van der Waals surface area contributed by atoms with Crippen molar-refractivity contribution in [1.82, 2.24) is 9.97 Å². The second-order valence-electron chi connectivity index (χ2n) is 3.00. The van der Waals surface area contributed by atoms with E-state index in [2.05, 4.69) is 9.97 Å². The fraction of sp³-hybridized carbons (Fsp3) is 0.0909. The first-order chi connectivity index (χ1) is 7.78. The lowest BCUT2D eigenvalue weighted by Crippen LogP contribution is -1.95.